The number of cyclic esters (lactones) is 1. The van der Waals surface area contributed by atoms with Crippen LogP contribution < -0.4 is 5.32 Å². The number of hydrogen-bond acceptors (Lipinski definition) is 15. The first-order chi connectivity index (χ1) is 28.7. The summed E-state index contributed by atoms with van der Waals surface area (Å²) < 4.78 is 57.0. The second-order valence-corrected chi connectivity index (χ2v) is 18.3. The van der Waals surface area contributed by atoms with Crippen molar-refractivity contribution >= 4 is 23.8 Å². The summed E-state index contributed by atoms with van der Waals surface area (Å²) in [5.74, 6) is -4.39. The maximum Gasteiger partial charge on any atom is 0.407 e. The first-order valence-electron chi connectivity index (χ1n) is 21.7. The molecule has 4 aliphatic heterocycles. The number of carbonyl (C=O) groups is 4. The van der Waals surface area contributed by atoms with E-state index in [1.807, 2.05) is 66.6 Å². The van der Waals surface area contributed by atoms with Crippen LogP contribution in [0.3, 0.4) is 0 Å². The predicted molar refractivity (Wildman–Crippen MR) is 221 cm³/mol. The van der Waals surface area contributed by atoms with Crippen molar-refractivity contribution in [3.05, 3.63) is 35.9 Å². The van der Waals surface area contributed by atoms with Crippen molar-refractivity contribution in [1.82, 2.24) is 10.2 Å². The number of rotatable bonds is 10. The minimum atomic E-state index is -1.25. The molecule has 16 nitrogen and oxygen atoms in total. The molecule has 0 radical (unpaired) electrons. The van der Waals surface area contributed by atoms with Crippen molar-refractivity contribution in [1.29, 1.82) is 0 Å². The Hall–Kier alpha value is -3.22. The van der Waals surface area contributed by atoms with E-state index in [0.29, 0.717) is 18.4 Å². The molecule has 0 aromatic heterocycles. The number of ketones is 1. The number of Topliss-reactive ketones (excluding diaryl/α,β-unsaturated/α-hetero) is 1. The number of hydrogen-bond donors (Lipinski definition) is 2. The molecule has 5 rings (SSSR count). The summed E-state index contributed by atoms with van der Waals surface area (Å²) in [6.07, 6.45) is -8.44. The number of alkyl carbamates (subject to hydrolysis) is 1. The highest BCUT2D eigenvalue weighted by Gasteiger charge is 2.55. The van der Waals surface area contributed by atoms with Crippen molar-refractivity contribution in [2.45, 2.75) is 173 Å². The summed E-state index contributed by atoms with van der Waals surface area (Å²) in [4.78, 5) is 56.8. The molecule has 0 spiro atoms. The lowest BCUT2D eigenvalue weighted by Crippen LogP contribution is -2.61. The molecule has 1 aromatic carbocycles. The fourth-order valence-electron chi connectivity index (χ4n) is 9.82. The molecule has 4 fully saturated rings. The third-order valence-electron chi connectivity index (χ3n) is 13.6. The maximum absolute atomic E-state index is 14.5. The monoisotopic (exact) mass is 862 g/mol. The van der Waals surface area contributed by atoms with Crippen LogP contribution in [0.15, 0.2) is 30.3 Å². The second-order valence-electron chi connectivity index (χ2n) is 18.3. The van der Waals surface area contributed by atoms with Gasteiger partial charge in [-0.25, -0.2) is 9.59 Å². The van der Waals surface area contributed by atoms with Crippen LogP contribution in [0.1, 0.15) is 98.4 Å². The molecule has 1 amide bonds. The molecule has 18 atom stereocenters. The fraction of sp³-hybridized carbons (Fsp3) is 0.778. The van der Waals surface area contributed by atoms with Gasteiger partial charge in [0.2, 0.25) is 0 Å². The van der Waals surface area contributed by atoms with E-state index >= 15 is 0 Å². The lowest BCUT2D eigenvalue weighted by atomic mass is 9.75. The molecule has 0 saturated carbocycles. The van der Waals surface area contributed by atoms with Crippen LogP contribution >= 0.6 is 0 Å². The van der Waals surface area contributed by atoms with E-state index in [2.05, 4.69) is 5.32 Å². The Kier molecular flexibility index (Phi) is 16.1. The van der Waals surface area contributed by atoms with Gasteiger partial charge in [-0.1, -0.05) is 45.9 Å². The van der Waals surface area contributed by atoms with Gasteiger partial charge in [-0.3, -0.25) is 9.59 Å². The third kappa shape index (κ3) is 10.6. The van der Waals surface area contributed by atoms with Crippen LogP contribution in [0.25, 0.3) is 0 Å². The number of esters is 2. The number of carbonyl (C=O) groups excluding carboxylic acids is 4. The zero-order valence-electron chi connectivity index (χ0n) is 38.2. The highest BCUT2D eigenvalue weighted by molar-refractivity contribution is 5.89. The Labute approximate surface area is 360 Å². The summed E-state index contributed by atoms with van der Waals surface area (Å²) in [5.41, 5.74) is -1.97. The number of nitrogens with one attached hydrogen (secondary N) is 1. The summed E-state index contributed by atoms with van der Waals surface area (Å²) in [7, 11) is 6.83. The number of fused-ring (bicyclic) bond motifs is 1. The first-order valence-corrected chi connectivity index (χ1v) is 21.7. The molecule has 2 N–H and O–H groups in total. The zero-order chi connectivity index (χ0) is 45.1. The second kappa shape index (κ2) is 20.1. The molecule has 344 valence electrons. The number of aliphatic hydroxyl groups excluding tert-OH is 1. The molecular weight excluding hydrogens is 792 g/mol. The van der Waals surface area contributed by atoms with Gasteiger partial charge < -0.3 is 58.0 Å². The van der Waals surface area contributed by atoms with Crippen molar-refractivity contribution < 1.29 is 66.9 Å². The number of methoxy groups -OCH3 is 2. The summed E-state index contributed by atoms with van der Waals surface area (Å²) in [6, 6.07) is 7.58. The van der Waals surface area contributed by atoms with Crippen LogP contribution in [0, 0.1) is 23.7 Å². The van der Waals surface area contributed by atoms with Crippen LogP contribution in [-0.4, -0.2) is 147 Å². The van der Waals surface area contributed by atoms with Gasteiger partial charge in [0.25, 0.3) is 0 Å². The topological polar surface area (TPSA) is 187 Å². The quantitative estimate of drug-likeness (QED) is 0.244. The van der Waals surface area contributed by atoms with E-state index in [9.17, 15) is 24.3 Å². The zero-order valence-corrected chi connectivity index (χ0v) is 38.2. The molecule has 4 heterocycles. The van der Waals surface area contributed by atoms with E-state index in [0.717, 1.165) is 0 Å². The maximum atomic E-state index is 14.5. The number of aliphatic hydroxyl groups is 1. The van der Waals surface area contributed by atoms with Gasteiger partial charge in [-0.2, -0.15) is 0 Å². The number of likely N-dealkylation sites (N-methyl/N-ethyl adjacent to an activating group) is 1. The highest BCUT2D eigenvalue weighted by atomic mass is 16.7. The van der Waals surface area contributed by atoms with Crippen molar-refractivity contribution in [3.63, 3.8) is 0 Å². The van der Waals surface area contributed by atoms with Crippen molar-refractivity contribution in [2.75, 3.05) is 28.3 Å². The van der Waals surface area contributed by atoms with Crippen LogP contribution in [-0.2, 0) is 52.2 Å². The summed E-state index contributed by atoms with van der Waals surface area (Å²) >= 11 is 0. The molecule has 61 heavy (non-hydrogen) atoms. The third-order valence-corrected chi connectivity index (χ3v) is 13.6. The average molecular weight is 863 g/mol. The summed E-state index contributed by atoms with van der Waals surface area (Å²) in [6.45, 7) is 16.2. The van der Waals surface area contributed by atoms with Crippen LogP contribution in [0.5, 0.6) is 0 Å². The van der Waals surface area contributed by atoms with Gasteiger partial charge in [-0.15, -0.1) is 0 Å². The van der Waals surface area contributed by atoms with Gasteiger partial charge >= 0.3 is 18.0 Å². The van der Waals surface area contributed by atoms with Crippen LogP contribution in [0.2, 0.25) is 0 Å². The molecule has 4 saturated heterocycles. The number of benzene rings is 1. The van der Waals surface area contributed by atoms with E-state index in [-0.39, 0.29) is 30.8 Å². The smallest absolute Gasteiger partial charge is 0.407 e. The molecule has 1 unspecified atom stereocenters. The number of nitrogens with zero attached hydrogens (tertiary/aromatic N) is 1. The normalized spacial score (nSPS) is 42.8. The summed E-state index contributed by atoms with van der Waals surface area (Å²) in [5, 5.41) is 14.5. The average Bonchev–Trinajstić information content (AvgIpc) is 3.62. The molecule has 16 heteroatoms. The Bertz CT molecular complexity index is 1670. The van der Waals surface area contributed by atoms with Crippen molar-refractivity contribution in [2.24, 2.45) is 23.7 Å². The predicted octanol–water partition coefficient (Wildman–Crippen LogP) is 4.67. The van der Waals surface area contributed by atoms with Crippen molar-refractivity contribution in [3.8, 4) is 0 Å². The number of amides is 1. The Morgan fingerprint density at radius 3 is 2.13 bits per heavy atom. The van der Waals surface area contributed by atoms with E-state index < -0.39 is 114 Å². The van der Waals surface area contributed by atoms with E-state index in [1.54, 1.807) is 45.0 Å². The Morgan fingerprint density at radius 2 is 1.52 bits per heavy atom. The number of ether oxygens (including phenoxy) is 9. The lowest BCUT2D eigenvalue weighted by Gasteiger charge is -2.50. The van der Waals surface area contributed by atoms with Crippen LogP contribution in [0.4, 0.5) is 4.79 Å². The molecule has 4 aliphatic rings. The molecule has 0 aliphatic carbocycles. The van der Waals surface area contributed by atoms with Gasteiger partial charge in [0.05, 0.1) is 47.5 Å². The van der Waals surface area contributed by atoms with Gasteiger partial charge in [0.15, 0.2) is 24.8 Å². The molecular formula is C45H70N2O14. The molecule has 1 aromatic rings. The first kappa shape index (κ1) is 48.8. The highest BCUT2D eigenvalue weighted by Crippen LogP contribution is 2.42. The molecule has 0 bridgehead atoms. The Morgan fingerprint density at radius 1 is 0.885 bits per heavy atom. The van der Waals surface area contributed by atoms with E-state index in [1.165, 1.54) is 14.2 Å². The van der Waals surface area contributed by atoms with Gasteiger partial charge in [0.1, 0.15) is 23.6 Å². The minimum Gasteiger partial charge on any atom is -0.458 e. The van der Waals surface area contributed by atoms with Gasteiger partial charge in [0, 0.05) is 44.4 Å². The Balaban J connectivity index is 1.57. The lowest BCUT2D eigenvalue weighted by molar-refractivity contribution is -0.319. The minimum absolute atomic E-state index is 0.0947. The SMILES string of the molecule is CC[C@H]1OC(=O)[C@H](C)[C@@H](OC2C[C@@](C)(OC)[C@@H](OC(=O)c3ccccc3)[C@H](C)O2)[C@H](C)[C@@H](O[C@@H]2O[C@H](C)C[C@H](N(C)C)[C@H]2O)[C@@](C)(OC)C[C@@H](C)C(=O)[C@H](C)[C@H]2NC(=O)O[C@@H]21. The van der Waals surface area contributed by atoms with Gasteiger partial charge in [-0.05, 0) is 80.1 Å². The standard InChI is InChI=1S/C45H70N2O14/c1-14-31-37-33(46-43(52)59-37)25(4)34(48)23(2)21-44(8,53-12)38(61-42-35(49)30(47(10)11)20-24(3)55-42)26(5)36(27(6)40(50)57-31)58-32-22-45(9,54-13)39(28(7)56-32)60-41(51)29-18-16-15-17-19-29/h15-19,23-28,30-33,35-39,42,49H,14,20-22H2,1-13H3,(H,46,52)/t23-,24-,25-,26+,27-,28+,30+,31-,32?,33-,35-,36+,37-,38-,39+,42+,44+,45-/m1/s1. The fourth-order valence-corrected chi connectivity index (χ4v) is 9.82. The van der Waals surface area contributed by atoms with E-state index in [4.69, 9.17) is 42.6 Å². The largest absolute Gasteiger partial charge is 0.458 e.